The van der Waals surface area contributed by atoms with Gasteiger partial charge in [-0.25, -0.2) is 4.79 Å². The van der Waals surface area contributed by atoms with E-state index in [2.05, 4.69) is 0 Å². The van der Waals surface area contributed by atoms with Gasteiger partial charge >= 0.3 is 5.97 Å². The van der Waals surface area contributed by atoms with Gasteiger partial charge in [-0.1, -0.05) is 0 Å². The number of carbonyl (C=O) groups is 2. The lowest BCUT2D eigenvalue weighted by Crippen LogP contribution is -2.39. The second-order valence-corrected chi connectivity index (χ2v) is 5.06. The molecule has 0 aliphatic rings. The maximum absolute atomic E-state index is 11.6. The van der Waals surface area contributed by atoms with E-state index < -0.39 is 12.0 Å². The van der Waals surface area contributed by atoms with Crippen LogP contribution in [0.25, 0.3) is 6.08 Å². The molecule has 1 N–H and O–H groups in total. The third-order valence-corrected chi connectivity index (χ3v) is 3.40. The van der Waals surface area contributed by atoms with Gasteiger partial charge < -0.3 is 10.0 Å². The average Bonchev–Trinajstić information content (AvgIpc) is 2.69. The Morgan fingerprint density at radius 2 is 2.12 bits per heavy atom. The van der Waals surface area contributed by atoms with Crippen molar-refractivity contribution in [2.24, 2.45) is 0 Å². The Morgan fingerprint density at radius 3 is 2.59 bits per heavy atom. The molecule has 0 saturated carbocycles. The molecule has 5 heteroatoms. The number of likely N-dealkylation sites (N-methyl/N-ethyl adjacent to an activating group) is 1. The van der Waals surface area contributed by atoms with Crippen molar-refractivity contribution in [3.8, 4) is 0 Å². The van der Waals surface area contributed by atoms with Crippen molar-refractivity contribution in [3.05, 3.63) is 28.0 Å². The minimum atomic E-state index is -1.01. The topological polar surface area (TPSA) is 57.6 Å². The van der Waals surface area contributed by atoms with Gasteiger partial charge in [0, 0.05) is 22.9 Å². The summed E-state index contributed by atoms with van der Waals surface area (Å²) in [5.41, 5.74) is 0. The summed E-state index contributed by atoms with van der Waals surface area (Å²) in [5, 5.41) is 8.77. The highest BCUT2D eigenvalue weighted by Crippen LogP contribution is 2.16. The molecule has 17 heavy (non-hydrogen) atoms. The maximum atomic E-state index is 11.6. The van der Waals surface area contributed by atoms with Crippen LogP contribution in [0.5, 0.6) is 0 Å². The molecule has 1 aromatic heterocycles. The van der Waals surface area contributed by atoms with E-state index in [0.29, 0.717) is 0 Å². The van der Waals surface area contributed by atoms with Crippen LogP contribution in [0.1, 0.15) is 16.7 Å². The highest BCUT2D eigenvalue weighted by atomic mass is 32.1. The molecule has 4 nitrogen and oxygen atoms in total. The number of hydrogen-bond acceptors (Lipinski definition) is 3. The van der Waals surface area contributed by atoms with Crippen LogP contribution in [0.2, 0.25) is 0 Å². The summed E-state index contributed by atoms with van der Waals surface area (Å²) in [5.74, 6) is -1.33. The number of carboxylic acid groups (broad SMARTS) is 1. The molecule has 0 radical (unpaired) electrons. The molecule has 1 aromatic rings. The smallest absolute Gasteiger partial charge is 0.326 e. The van der Waals surface area contributed by atoms with Crippen LogP contribution in [0, 0.1) is 6.92 Å². The third kappa shape index (κ3) is 3.71. The number of carbonyl (C=O) groups excluding carboxylic acids is 1. The summed E-state index contributed by atoms with van der Waals surface area (Å²) in [7, 11) is 1.48. The minimum Gasteiger partial charge on any atom is -0.480 e. The lowest BCUT2D eigenvalue weighted by atomic mass is 10.3. The highest BCUT2D eigenvalue weighted by Gasteiger charge is 2.19. The molecule has 0 fully saturated rings. The van der Waals surface area contributed by atoms with Crippen molar-refractivity contribution in [1.29, 1.82) is 0 Å². The minimum absolute atomic E-state index is 0.314. The van der Waals surface area contributed by atoms with Crippen molar-refractivity contribution < 1.29 is 14.7 Å². The quantitative estimate of drug-likeness (QED) is 0.835. The monoisotopic (exact) mass is 253 g/mol. The molecule has 1 unspecified atom stereocenters. The van der Waals surface area contributed by atoms with Gasteiger partial charge in [-0.3, -0.25) is 4.79 Å². The molecule has 1 heterocycles. The van der Waals surface area contributed by atoms with E-state index in [9.17, 15) is 9.59 Å². The Bertz CT molecular complexity index is 450. The van der Waals surface area contributed by atoms with Gasteiger partial charge in [0.05, 0.1) is 0 Å². The molecule has 1 atom stereocenters. The van der Waals surface area contributed by atoms with Gasteiger partial charge in [-0.15, -0.1) is 11.3 Å². The average molecular weight is 253 g/mol. The SMILES string of the molecule is Cc1ccc(C=CC(=O)N(C)C(C)C(=O)O)s1. The number of thiophene rings is 1. The lowest BCUT2D eigenvalue weighted by Gasteiger charge is -2.19. The first-order valence-electron chi connectivity index (χ1n) is 5.16. The molecule has 0 aliphatic carbocycles. The van der Waals surface area contributed by atoms with Crippen LogP contribution in [0.3, 0.4) is 0 Å². The summed E-state index contributed by atoms with van der Waals surface area (Å²) in [6.45, 7) is 3.46. The van der Waals surface area contributed by atoms with Gasteiger partial charge in [0.1, 0.15) is 6.04 Å². The lowest BCUT2D eigenvalue weighted by molar-refractivity contribution is -0.146. The maximum Gasteiger partial charge on any atom is 0.326 e. The summed E-state index contributed by atoms with van der Waals surface area (Å²) in [4.78, 5) is 25.7. The predicted molar refractivity (Wildman–Crippen MR) is 68.0 cm³/mol. The highest BCUT2D eigenvalue weighted by molar-refractivity contribution is 7.12. The van der Waals surface area contributed by atoms with Crippen molar-refractivity contribution in [1.82, 2.24) is 4.90 Å². The molecular weight excluding hydrogens is 238 g/mol. The standard InChI is InChI=1S/C12H15NO3S/c1-8-4-5-10(17-8)6-7-11(14)13(3)9(2)12(15)16/h4-7,9H,1-3H3,(H,15,16). The Hall–Kier alpha value is -1.62. The Balaban J connectivity index is 2.66. The first-order valence-corrected chi connectivity index (χ1v) is 5.97. The van der Waals surface area contributed by atoms with E-state index in [1.54, 1.807) is 17.4 Å². The van der Waals surface area contributed by atoms with Gasteiger partial charge in [-0.2, -0.15) is 0 Å². The molecule has 0 aromatic carbocycles. The van der Waals surface area contributed by atoms with Crippen molar-refractivity contribution in [2.45, 2.75) is 19.9 Å². The van der Waals surface area contributed by atoms with Crippen LogP contribution < -0.4 is 0 Å². The van der Waals surface area contributed by atoms with Crippen LogP contribution in [-0.2, 0) is 9.59 Å². The normalized spacial score (nSPS) is 12.6. The van der Waals surface area contributed by atoms with Crippen LogP contribution in [-0.4, -0.2) is 35.0 Å². The number of nitrogens with zero attached hydrogens (tertiary/aromatic N) is 1. The first kappa shape index (κ1) is 13.4. The zero-order chi connectivity index (χ0) is 13.0. The van der Waals surface area contributed by atoms with Crippen molar-refractivity contribution in [2.75, 3.05) is 7.05 Å². The number of rotatable bonds is 4. The van der Waals surface area contributed by atoms with Crippen molar-refractivity contribution >= 4 is 29.3 Å². The number of amides is 1. The molecule has 1 rings (SSSR count). The van der Waals surface area contributed by atoms with Gasteiger partial charge in [0.25, 0.3) is 0 Å². The summed E-state index contributed by atoms with van der Waals surface area (Å²) >= 11 is 1.58. The van der Waals surface area contributed by atoms with Gasteiger partial charge in [0.2, 0.25) is 5.91 Å². The Morgan fingerprint density at radius 1 is 1.47 bits per heavy atom. The Labute approximate surface area is 104 Å². The van der Waals surface area contributed by atoms with Crippen molar-refractivity contribution in [3.63, 3.8) is 0 Å². The molecule has 0 bridgehead atoms. The molecule has 0 aliphatic heterocycles. The zero-order valence-corrected chi connectivity index (χ0v) is 10.8. The zero-order valence-electron chi connectivity index (χ0n) is 10.0. The fourth-order valence-electron chi connectivity index (χ4n) is 1.17. The summed E-state index contributed by atoms with van der Waals surface area (Å²) < 4.78 is 0. The van der Waals surface area contributed by atoms with E-state index >= 15 is 0 Å². The molecular formula is C12H15NO3S. The number of aryl methyl sites for hydroxylation is 1. The summed E-state index contributed by atoms with van der Waals surface area (Å²) in [6.07, 6.45) is 3.09. The van der Waals surface area contributed by atoms with Gasteiger partial charge in [-0.05, 0) is 32.1 Å². The summed E-state index contributed by atoms with van der Waals surface area (Å²) in [6, 6.07) is 3.07. The van der Waals surface area contributed by atoms with E-state index in [0.717, 1.165) is 4.88 Å². The predicted octanol–water partition coefficient (Wildman–Crippen LogP) is 2.00. The number of hydrogen-bond donors (Lipinski definition) is 1. The molecule has 1 amide bonds. The van der Waals surface area contributed by atoms with E-state index in [-0.39, 0.29) is 5.91 Å². The molecule has 0 saturated heterocycles. The second kappa shape index (κ2) is 5.63. The Kier molecular flexibility index (Phi) is 4.45. The van der Waals surface area contributed by atoms with E-state index in [1.165, 1.54) is 29.8 Å². The second-order valence-electron chi connectivity index (χ2n) is 3.75. The van der Waals surface area contributed by atoms with Crippen LogP contribution in [0.15, 0.2) is 18.2 Å². The fourth-order valence-corrected chi connectivity index (χ4v) is 1.95. The van der Waals surface area contributed by atoms with Crippen LogP contribution >= 0.6 is 11.3 Å². The molecule has 0 spiro atoms. The van der Waals surface area contributed by atoms with Gasteiger partial charge in [0.15, 0.2) is 0 Å². The largest absolute Gasteiger partial charge is 0.480 e. The third-order valence-electron chi connectivity index (χ3n) is 2.44. The van der Waals surface area contributed by atoms with E-state index in [4.69, 9.17) is 5.11 Å². The molecule has 92 valence electrons. The number of aliphatic carboxylic acids is 1. The fraction of sp³-hybridized carbons (Fsp3) is 0.333. The van der Waals surface area contributed by atoms with E-state index in [1.807, 2.05) is 19.1 Å². The van der Waals surface area contributed by atoms with Crippen LogP contribution in [0.4, 0.5) is 0 Å². The number of carboxylic acids is 1. The first-order chi connectivity index (χ1) is 7.91.